The lowest BCUT2D eigenvalue weighted by molar-refractivity contribution is -0.164. The van der Waals surface area contributed by atoms with Gasteiger partial charge in [-0.05, 0) is 46.5 Å². The van der Waals surface area contributed by atoms with Crippen LogP contribution in [0.15, 0.2) is 0 Å². The van der Waals surface area contributed by atoms with E-state index in [-0.39, 0.29) is 12.1 Å². The molecule has 0 atom stereocenters. The molecule has 0 radical (unpaired) electrons. The van der Waals surface area contributed by atoms with Crippen LogP contribution in [0, 0.1) is 0 Å². The average Bonchev–Trinajstić information content (AvgIpc) is 2.16. The Bertz CT molecular complexity index is 249. The molecule has 94 valence electrons. The lowest BCUT2D eigenvalue weighted by Gasteiger charge is -2.36. The molecular weight excluding hydrogens is 206 g/mol. The van der Waals surface area contributed by atoms with E-state index in [0.717, 1.165) is 12.8 Å². The quantitative estimate of drug-likeness (QED) is 0.731. The number of esters is 1. The maximum absolute atomic E-state index is 11.9. The Balaban J connectivity index is 2.56. The van der Waals surface area contributed by atoms with Crippen LogP contribution in [0.1, 0.15) is 46.5 Å². The number of nitrogens with two attached hydrogens (primary N) is 1. The van der Waals surface area contributed by atoms with Crippen LogP contribution in [-0.4, -0.2) is 30.3 Å². The molecule has 0 aromatic heterocycles. The molecule has 1 rings (SSSR count). The number of carbonyl (C=O) groups excluding carboxylic acids is 1. The second-order valence-electron chi connectivity index (χ2n) is 5.59. The van der Waals surface area contributed by atoms with E-state index < -0.39 is 11.1 Å². The van der Waals surface area contributed by atoms with E-state index in [2.05, 4.69) is 0 Å². The molecule has 0 unspecified atom stereocenters. The highest BCUT2D eigenvalue weighted by Gasteiger charge is 2.41. The van der Waals surface area contributed by atoms with Crippen LogP contribution < -0.4 is 5.73 Å². The Morgan fingerprint density at radius 3 is 2.19 bits per heavy atom. The van der Waals surface area contributed by atoms with Crippen LogP contribution >= 0.6 is 0 Å². The van der Waals surface area contributed by atoms with E-state index in [1.165, 1.54) is 0 Å². The summed E-state index contributed by atoms with van der Waals surface area (Å²) in [4.78, 5) is 11.9. The Hall–Kier alpha value is -0.610. The second-order valence-corrected chi connectivity index (χ2v) is 5.59. The van der Waals surface area contributed by atoms with E-state index in [1.807, 2.05) is 20.8 Å². The topological polar surface area (TPSA) is 61.5 Å². The Morgan fingerprint density at radius 1 is 1.31 bits per heavy atom. The van der Waals surface area contributed by atoms with Crippen molar-refractivity contribution in [3.05, 3.63) is 0 Å². The Labute approximate surface area is 97.5 Å². The predicted molar refractivity (Wildman–Crippen MR) is 62.0 cm³/mol. The number of methoxy groups -OCH3 is 1. The maximum Gasteiger partial charge on any atom is 0.326 e. The molecule has 0 spiro atoms. The van der Waals surface area contributed by atoms with Crippen LogP contribution in [0.5, 0.6) is 0 Å². The summed E-state index contributed by atoms with van der Waals surface area (Å²) in [6, 6.07) is 0. The molecule has 1 fully saturated rings. The van der Waals surface area contributed by atoms with Gasteiger partial charge < -0.3 is 15.2 Å². The molecule has 0 bridgehead atoms. The molecule has 1 aliphatic carbocycles. The van der Waals surface area contributed by atoms with Crippen molar-refractivity contribution in [3.8, 4) is 0 Å². The number of carbonyl (C=O) groups is 1. The fourth-order valence-corrected chi connectivity index (χ4v) is 1.93. The summed E-state index contributed by atoms with van der Waals surface area (Å²) in [5.74, 6) is -0.283. The molecule has 1 saturated carbocycles. The molecule has 0 aromatic carbocycles. The van der Waals surface area contributed by atoms with Gasteiger partial charge in [-0.3, -0.25) is 4.79 Å². The summed E-state index contributed by atoms with van der Waals surface area (Å²) in [5.41, 5.74) is 4.81. The van der Waals surface area contributed by atoms with Gasteiger partial charge in [-0.15, -0.1) is 0 Å². The zero-order valence-electron chi connectivity index (χ0n) is 10.7. The highest BCUT2D eigenvalue weighted by Crippen LogP contribution is 2.30. The van der Waals surface area contributed by atoms with Gasteiger partial charge in [-0.2, -0.15) is 0 Å². The van der Waals surface area contributed by atoms with Crippen molar-refractivity contribution in [1.82, 2.24) is 0 Å². The zero-order valence-corrected chi connectivity index (χ0v) is 10.7. The number of rotatable bonds is 2. The first-order chi connectivity index (χ1) is 7.27. The minimum absolute atomic E-state index is 0.235. The monoisotopic (exact) mass is 229 g/mol. The summed E-state index contributed by atoms with van der Waals surface area (Å²) in [7, 11) is 1.70. The summed E-state index contributed by atoms with van der Waals surface area (Å²) in [5, 5.41) is 0. The zero-order chi connectivity index (χ0) is 12.4. The van der Waals surface area contributed by atoms with Crippen molar-refractivity contribution in [3.63, 3.8) is 0 Å². The van der Waals surface area contributed by atoms with E-state index >= 15 is 0 Å². The van der Waals surface area contributed by atoms with Crippen molar-refractivity contribution in [2.24, 2.45) is 5.73 Å². The molecule has 0 saturated heterocycles. The standard InChI is InChI=1S/C12H23NO3/c1-11(2,3)16-10(14)12(13)7-5-9(15-4)6-8-12/h9H,5-8,13H2,1-4H3. The van der Waals surface area contributed by atoms with Crippen LogP contribution in [0.25, 0.3) is 0 Å². The van der Waals surface area contributed by atoms with E-state index in [1.54, 1.807) is 7.11 Å². The predicted octanol–water partition coefficient (Wildman–Crippen LogP) is 1.61. The summed E-state index contributed by atoms with van der Waals surface area (Å²) < 4.78 is 10.6. The minimum atomic E-state index is -0.817. The third kappa shape index (κ3) is 3.46. The van der Waals surface area contributed by atoms with Gasteiger partial charge in [0.1, 0.15) is 11.1 Å². The van der Waals surface area contributed by atoms with Gasteiger partial charge in [0.2, 0.25) is 0 Å². The lowest BCUT2D eigenvalue weighted by Crippen LogP contribution is -2.53. The van der Waals surface area contributed by atoms with E-state index in [0.29, 0.717) is 12.8 Å². The first kappa shape index (κ1) is 13.5. The van der Waals surface area contributed by atoms with Crippen LogP contribution in [0.3, 0.4) is 0 Å². The third-order valence-electron chi connectivity index (χ3n) is 2.96. The van der Waals surface area contributed by atoms with Crippen molar-refractivity contribution < 1.29 is 14.3 Å². The normalized spacial score (nSPS) is 31.2. The first-order valence-electron chi connectivity index (χ1n) is 5.82. The van der Waals surface area contributed by atoms with Crippen LogP contribution in [-0.2, 0) is 14.3 Å². The smallest absolute Gasteiger partial charge is 0.326 e. The molecule has 0 aliphatic heterocycles. The molecule has 0 amide bonds. The number of hydrogen-bond donors (Lipinski definition) is 1. The van der Waals surface area contributed by atoms with Gasteiger partial charge in [-0.1, -0.05) is 0 Å². The molecule has 4 heteroatoms. The molecule has 0 aromatic rings. The minimum Gasteiger partial charge on any atom is -0.459 e. The molecule has 2 N–H and O–H groups in total. The van der Waals surface area contributed by atoms with E-state index in [4.69, 9.17) is 15.2 Å². The molecular formula is C12H23NO3. The first-order valence-corrected chi connectivity index (χ1v) is 5.82. The van der Waals surface area contributed by atoms with Crippen molar-refractivity contribution >= 4 is 5.97 Å². The van der Waals surface area contributed by atoms with Crippen LogP contribution in [0.4, 0.5) is 0 Å². The highest BCUT2D eigenvalue weighted by molar-refractivity contribution is 5.81. The van der Waals surface area contributed by atoms with Gasteiger partial charge >= 0.3 is 5.97 Å². The van der Waals surface area contributed by atoms with E-state index in [9.17, 15) is 4.79 Å². The van der Waals surface area contributed by atoms with Gasteiger partial charge in [0.25, 0.3) is 0 Å². The van der Waals surface area contributed by atoms with Gasteiger partial charge in [0.15, 0.2) is 0 Å². The largest absolute Gasteiger partial charge is 0.459 e. The van der Waals surface area contributed by atoms with Crippen molar-refractivity contribution in [2.45, 2.75) is 63.7 Å². The fraction of sp³-hybridized carbons (Fsp3) is 0.917. The second kappa shape index (κ2) is 4.72. The van der Waals surface area contributed by atoms with Crippen molar-refractivity contribution in [1.29, 1.82) is 0 Å². The maximum atomic E-state index is 11.9. The Kier molecular flexibility index (Phi) is 3.97. The van der Waals surface area contributed by atoms with Gasteiger partial charge in [0.05, 0.1) is 6.10 Å². The lowest BCUT2D eigenvalue weighted by atomic mass is 9.81. The van der Waals surface area contributed by atoms with Gasteiger partial charge in [0, 0.05) is 7.11 Å². The summed E-state index contributed by atoms with van der Waals surface area (Å²) in [6.07, 6.45) is 3.17. The van der Waals surface area contributed by atoms with Crippen LogP contribution in [0.2, 0.25) is 0 Å². The fourth-order valence-electron chi connectivity index (χ4n) is 1.93. The van der Waals surface area contributed by atoms with Crippen molar-refractivity contribution in [2.75, 3.05) is 7.11 Å². The number of hydrogen-bond acceptors (Lipinski definition) is 4. The highest BCUT2D eigenvalue weighted by atomic mass is 16.6. The summed E-state index contributed by atoms with van der Waals surface area (Å²) >= 11 is 0. The summed E-state index contributed by atoms with van der Waals surface area (Å²) in [6.45, 7) is 5.57. The molecule has 0 heterocycles. The SMILES string of the molecule is COC1CCC(N)(C(=O)OC(C)(C)C)CC1. The van der Waals surface area contributed by atoms with Gasteiger partial charge in [-0.25, -0.2) is 0 Å². The number of ether oxygens (including phenoxy) is 2. The molecule has 1 aliphatic rings. The molecule has 16 heavy (non-hydrogen) atoms. The third-order valence-corrected chi connectivity index (χ3v) is 2.96. The Morgan fingerprint density at radius 2 is 1.81 bits per heavy atom. The average molecular weight is 229 g/mol. The molecule has 4 nitrogen and oxygen atoms in total.